The van der Waals surface area contributed by atoms with Gasteiger partial charge in [-0.2, -0.15) is 0 Å². The molecule has 0 saturated carbocycles. The molecule has 0 saturated heterocycles. The lowest BCUT2D eigenvalue weighted by Crippen LogP contribution is -2.29. The number of nitrogens with one attached hydrogen (secondary N) is 2. The molecular weight excluding hydrogens is 424 g/mol. The Kier molecular flexibility index (Phi) is 3.61. The van der Waals surface area contributed by atoms with Crippen molar-refractivity contribution in [2.45, 2.75) is 25.7 Å². The monoisotopic (exact) mass is 450 g/mol. The van der Waals surface area contributed by atoms with E-state index in [0.717, 1.165) is 0 Å². The minimum absolute atomic E-state index is 0.0708. The number of benzene rings is 4. The second-order valence-electron chi connectivity index (χ2n) is 10.8. The SMILES string of the molecule is CC(C)(C1c2ccccc2-c2[nH]c3ccccc3c21)C1c2ccccc2-c2[nH]c3ccccc3c21. The van der Waals surface area contributed by atoms with Crippen molar-refractivity contribution in [3.63, 3.8) is 0 Å². The molecule has 2 atom stereocenters. The zero-order valence-corrected chi connectivity index (χ0v) is 19.9. The van der Waals surface area contributed by atoms with Crippen molar-refractivity contribution in [1.82, 2.24) is 9.97 Å². The average Bonchev–Trinajstić information content (AvgIpc) is 3.60. The lowest BCUT2D eigenvalue weighted by molar-refractivity contribution is 0.284. The van der Waals surface area contributed by atoms with E-state index in [0.29, 0.717) is 0 Å². The topological polar surface area (TPSA) is 31.6 Å². The molecule has 0 bridgehead atoms. The van der Waals surface area contributed by atoms with Gasteiger partial charge in [-0.15, -0.1) is 0 Å². The number of aromatic amines is 2. The highest BCUT2D eigenvalue weighted by Gasteiger charge is 2.50. The summed E-state index contributed by atoms with van der Waals surface area (Å²) in [6, 6.07) is 35.6. The molecule has 0 radical (unpaired) electrons. The van der Waals surface area contributed by atoms with E-state index in [1.165, 1.54) is 66.6 Å². The zero-order chi connectivity index (χ0) is 23.3. The quantitative estimate of drug-likeness (QED) is 0.265. The first-order valence-electron chi connectivity index (χ1n) is 12.5. The first-order valence-corrected chi connectivity index (χ1v) is 12.5. The minimum atomic E-state index is -0.0708. The Morgan fingerprint density at radius 2 is 0.914 bits per heavy atom. The molecule has 4 aromatic carbocycles. The number of aromatic nitrogens is 2. The van der Waals surface area contributed by atoms with Crippen molar-refractivity contribution < 1.29 is 0 Å². The van der Waals surface area contributed by atoms with Crippen molar-refractivity contribution in [1.29, 1.82) is 0 Å². The fraction of sp³-hybridized carbons (Fsp3) is 0.152. The van der Waals surface area contributed by atoms with Crippen LogP contribution in [0.4, 0.5) is 0 Å². The Morgan fingerprint density at radius 3 is 1.40 bits per heavy atom. The van der Waals surface area contributed by atoms with Crippen LogP contribution in [0, 0.1) is 5.41 Å². The van der Waals surface area contributed by atoms with Gasteiger partial charge in [0, 0.05) is 44.8 Å². The van der Waals surface area contributed by atoms with E-state index in [2.05, 4.69) is 121 Å². The predicted octanol–water partition coefficient (Wildman–Crippen LogP) is 8.60. The number of hydrogen-bond acceptors (Lipinski definition) is 0. The summed E-state index contributed by atoms with van der Waals surface area (Å²) >= 11 is 0. The second kappa shape index (κ2) is 6.55. The van der Waals surface area contributed by atoms with Crippen LogP contribution < -0.4 is 0 Å². The summed E-state index contributed by atoms with van der Waals surface area (Å²) in [5, 5.41) is 2.70. The highest BCUT2D eigenvalue weighted by molar-refractivity contribution is 5.98. The second-order valence-corrected chi connectivity index (χ2v) is 10.8. The van der Waals surface area contributed by atoms with E-state index in [4.69, 9.17) is 0 Å². The molecule has 2 aliphatic carbocycles. The molecule has 6 aromatic rings. The molecule has 2 N–H and O–H groups in total. The van der Waals surface area contributed by atoms with Crippen LogP contribution >= 0.6 is 0 Å². The maximum absolute atomic E-state index is 3.78. The molecule has 35 heavy (non-hydrogen) atoms. The molecule has 2 aromatic heterocycles. The third kappa shape index (κ3) is 2.34. The van der Waals surface area contributed by atoms with Gasteiger partial charge in [-0.1, -0.05) is 98.8 Å². The van der Waals surface area contributed by atoms with Gasteiger partial charge >= 0.3 is 0 Å². The Labute approximate surface area is 204 Å². The highest BCUT2D eigenvalue weighted by Crippen LogP contribution is 2.64. The maximum atomic E-state index is 3.78. The van der Waals surface area contributed by atoms with E-state index in [9.17, 15) is 0 Å². The fourth-order valence-corrected chi connectivity index (χ4v) is 7.33. The Bertz CT molecular complexity index is 1660. The Morgan fingerprint density at radius 1 is 0.514 bits per heavy atom. The summed E-state index contributed by atoms with van der Waals surface area (Å²) in [4.78, 5) is 7.56. The Hall–Kier alpha value is -4.04. The largest absolute Gasteiger partial charge is 0.354 e. The van der Waals surface area contributed by atoms with E-state index in [-0.39, 0.29) is 17.3 Å². The van der Waals surface area contributed by atoms with E-state index >= 15 is 0 Å². The zero-order valence-electron chi connectivity index (χ0n) is 19.9. The average molecular weight is 451 g/mol. The molecule has 2 heterocycles. The summed E-state index contributed by atoms with van der Waals surface area (Å²) in [5.74, 6) is 0.560. The van der Waals surface area contributed by atoms with Gasteiger partial charge in [0.1, 0.15) is 0 Å². The Balaban J connectivity index is 1.44. The number of para-hydroxylation sites is 2. The van der Waals surface area contributed by atoms with Crippen LogP contribution in [0.5, 0.6) is 0 Å². The lowest BCUT2D eigenvalue weighted by Gasteiger charge is -2.40. The van der Waals surface area contributed by atoms with Gasteiger partial charge in [0.15, 0.2) is 0 Å². The van der Waals surface area contributed by atoms with Crippen LogP contribution in [0.15, 0.2) is 97.1 Å². The summed E-state index contributed by atoms with van der Waals surface area (Å²) in [6.07, 6.45) is 0. The normalized spacial score (nSPS) is 18.0. The summed E-state index contributed by atoms with van der Waals surface area (Å²) in [7, 11) is 0. The van der Waals surface area contributed by atoms with Crippen molar-refractivity contribution in [2.75, 3.05) is 0 Å². The maximum Gasteiger partial charge on any atom is 0.0506 e. The molecule has 0 fully saturated rings. The molecule has 168 valence electrons. The van der Waals surface area contributed by atoms with Crippen molar-refractivity contribution >= 4 is 21.8 Å². The molecule has 8 rings (SSSR count). The lowest BCUT2D eigenvalue weighted by atomic mass is 9.62. The molecule has 0 amide bonds. The van der Waals surface area contributed by atoms with Gasteiger partial charge in [-0.25, -0.2) is 0 Å². The highest BCUT2D eigenvalue weighted by atomic mass is 14.8. The molecule has 2 heteroatoms. The van der Waals surface area contributed by atoms with E-state index < -0.39 is 0 Å². The number of rotatable bonds is 2. The molecule has 2 aliphatic rings. The predicted molar refractivity (Wildman–Crippen MR) is 145 cm³/mol. The van der Waals surface area contributed by atoms with E-state index in [1.54, 1.807) is 0 Å². The van der Waals surface area contributed by atoms with Crippen LogP contribution in [0.25, 0.3) is 44.3 Å². The first kappa shape index (κ1) is 19.3. The van der Waals surface area contributed by atoms with Crippen molar-refractivity contribution in [3.8, 4) is 22.5 Å². The number of H-pyrrole nitrogens is 2. The van der Waals surface area contributed by atoms with Crippen molar-refractivity contribution in [3.05, 3.63) is 119 Å². The van der Waals surface area contributed by atoms with Crippen LogP contribution in [0.3, 0.4) is 0 Å². The molecule has 2 nitrogen and oxygen atoms in total. The van der Waals surface area contributed by atoms with Crippen LogP contribution in [0.1, 0.15) is 47.9 Å². The summed E-state index contributed by atoms with van der Waals surface area (Å²) < 4.78 is 0. The van der Waals surface area contributed by atoms with Gasteiger partial charge in [0.05, 0.1) is 11.4 Å². The van der Waals surface area contributed by atoms with Crippen LogP contribution in [0.2, 0.25) is 0 Å². The smallest absolute Gasteiger partial charge is 0.0506 e. The molecule has 2 unspecified atom stereocenters. The standard InChI is InChI=1S/C33H26N2/c1-33(2,29-19-11-3-5-13-21(19)31-27(29)23-15-7-9-17-25(23)34-31)30-20-12-4-6-14-22(20)32-28(30)24-16-8-10-18-26(24)35-32/h3-18,29-30,34-35H,1-2H3. The van der Waals surface area contributed by atoms with E-state index in [1.807, 2.05) is 0 Å². The first-order chi connectivity index (χ1) is 17.1. The summed E-state index contributed by atoms with van der Waals surface area (Å²) in [6.45, 7) is 4.98. The third-order valence-electron chi connectivity index (χ3n) is 8.64. The number of hydrogen-bond donors (Lipinski definition) is 2. The van der Waals surface area contributed by atoms with Gasteiger partial charge in [-0.3, -0.25) is 0 Å². The summed E-state index contributed by atoms with van der Waals surface area (Å²) in [5.41, 5.74) is 13.5. The fourth-order valence-electron chi connectivity index (χ4n) is 7.33. The van der Waals surface area contributed by atoms with Gasteiger partial charge < -0.3 is 9.97 Å². The van der Waals surface area contributed by atoms with Crippen LogP contribution in [-0.4, -0.2) is 9.97 Å². The third-order valence-corrected chi connectivity index (χ3v) is 8.64. The molecule has 0 spiro atoms. The molecule has 0 aliphatic heterocycles. The van der Waals surface area contributed by atoms with Gasteiger partial charge in [0.2, 0.25) is 0 Å². The minimum Gasteiger partial charge on any atom is -0.354 e. The van der Waals surface area contributed by atoms with Gasteiger partial charge in [-0.05, 0) is 39.8 Å². The molecular formula is C33H26N2. The number of fused-ring (bicyclic) bond motifs is 10. The van der Waals surface area contributed by atoms with Crippen molar-refractivity contribution in [2.24, 2.45) is 5.41 Å². The van der Waals surface area contributed by atoms with Gasteiger partial charge in [0.25, 0.3) is 0 Å². The van der Waals surface area contributed by atoms with Crippen LogP contribution in [-0.2, 0) is 0 Å².